The van der Waals surface area contributed by atoms with E-state index in [4.69, 9.17) is 0 Å². The standard InChI is InChI=1S/C71H48N2/c1-4-19-49(20-5-1)51-35-39-58(40-36-51)72(60-42-44-63-62-30-12-15-32-66(62)71(67(63)48-60,56-25-6-2-7-26-56)57-27-8-3-9-28-57)68-33-16-13-29-61(68)55-24-18-23-52(45-55)54-38-43-65-64-31-14-17-34-69(64)73(70(65)47-54)59-41-37-50-21-10-11-22-53(50)46-59/h1-48H. The van der Waals surface area contributed by atoms with Crippen LogP contribution in [0.25, 0.3) is 82.8 Å². The fourth-order valence-corrected chi connectivity index (χ4v) is 12.0. The molecule has 1 aromatic heterocycles. The van der Waals surface area contributed by atoms with Gasteiger partial charge >= 0.3 is 0 Å². The number of anilines is 3. The second-order valence-corrected chi connectivity index (χ2v) is 19.2. The van der Waals surface area contributed by atoms with Gasteiger partial charge in [-0.2, -0.15) is 0 Å². The van der Waals surface area contributed by atoms with Crippen molar-refractivity contribution in [3.8, 4) is 50.2 Å². The number of rotatable bonds is 9. The lowest BCUT2D eigenvalue weighted by Crippen LogP contribution is -2.28. The molecule has 0 saturated carbocycles. The lowest BCUT2D eigenvalue weighted by atomic mass is 9.67. The van der Waals surface area contributed by atoms with E-state index in [-0.39, 0.29) is 0 Å². The predicted molar refractivity (Wildman–Crippen MR) is 307 cm³/mol. The molecule has 0 saturated heterocycles. The highest BCUT2D eigenvalue weighted by atomic mass is 15.1. The van der Waals surface area contributed by atoms with Gasteiger partial charge in [0.15, 0.2) is 0 Å². The van der Waals surface area contributed by atoms with Gasteiger partial charge in [-0.15, -0.1) is 0 Å². The zero-order valence-electron chi connectivity index (χ0n) is 40.1. The van der Waals surface area contributed by atoms with E-state index in [1.54, 1.807) is 0 Å². The highest BCUT2D eigenvalue weighted by Gasteiger charge is 2.46. The second-order valence-electron chi connectivity index (χ2n) is 19.2. The second kappa shape index (κ2) is 17.4. The highest BCUT2D eigenvalue weighted by molar-refractivity contribution is 6.10. The number of nitrogens with zero attached hydrogens (tertiary/aromatic N) is 2. The number of fused-ring (bicyclic) bond motifs is 7. The summed E-state index contributed by atoms with van der Waals surface area (Å²) in [5, 5.41) is 4.95. The first-order valence-electron chi connectivity index (χ1n) is 25.2. The minimum atomic E-state index is -0.539. The Kier molecular flexibility index (Phi) is 10.1. The minimum Gasteiger partial charge on any atom is -0.310 e. The molecular weight excluding hydrogens is 881 g/mol. The van der Waals surface area contributed by atoms with Crippen molar-refractivity contribution in [2.24, 2.45) is 0 Å². The summed E-state index contributed by atoms with van der Waals surface area (Å²) in [7, 11) is 0. The van der Waals surface area contributed by atoms with Crippen LogP contribution in [0.4, 0.5) is 17.1 Å². The third-order valence-corrected chi connectivity index (χ3v) is 15.2. The van der Waals surface area contributed by atoms with E-state index in [1.165, 1.54) is 82.6 Å². The Bertz CT molecular complexity index is 4150. The van der Waals surface area contributed by atoms with E-state index in [0.717, 1.165) is 39.4 Å². The van der Waals surface area contributed by atoms with Crippen LogP contribution >= 0.6 is 0 Å². The van der Waals surface area contributed by atoms with Gasteiger partial charge in [0.1, 0.15) is 0 Å². The Hall–Kier alpha value is -9.50. The maximum atomic E-state index is 2.47. The zero-order chi connectivity index (χ0) is 48.3. The topological polar surface area (TPSA) is 8.17 Å². The molecule has 73 heavy (non-hydrogen) atoms. The molecule has 0 spiro atoms. The van der Waals surface area contributed by atoms with Crippen molar-refractivity contribution < 1.29 is 0 Å². The van der Waals surface area contributed by atoms with Gasteiger partial charge < -0.3 is 9.47 Å². The Morgan fingerprint density at radius 2 is 0.849 bits per heavy atom. The largest absolute Gasteiger partial charge is 0.310 e. The Morgan fingerprint density at radius 1 is 0.288 bits per heavy atom. The molecule has 0 unspecified atom stereocenters. The molecule has 0 N–H and O–H groups in total. The summed E-state index contributed by atoms with van der Waals surface area (Å²) in [6.45, 7) is 0. The van der Waals surface area contributed by atoms with Crippen LogP contribution in [0.1, 0.15) is 22.3 Å². The molecule has 2 heteroatoms. The first-order valence-corrected chi connectivity index (χ1v) is 25.2. The molecule has 1 aliphatic carbocycles. The third-order valence-electron chi connectivity index (χ3n) is 15.2. The van der Waals surface area contributed by atoms with Gasteiger partial charge in [0, 0.05) is 33.4 Å². The molecule has 0 atom stereocenters. The molecule has 0 fully saturated rings. The molecule has 342 valence electrons. The van der Waals surface area contributed by atoms with Gasteiger partial charge in [-0.1, -0.05) is 231 Å². The summed E-state index contributed by atoms with van der Waals surface area (Å²) in [4.78, 5) is 2.47. The first kappa shape index (κ1) is 42.4. The van der Waals surface area contributed by atoms with Crippen LogP contribution in [0.5, 0.6) is 0 Å². The van der Waals surface area contributed by atoms with E-state index in [9.17, 15) is 0 Å². The van der Waals surface area contributed by atoms with Crippen LogP contribution in [0.2, 0.25) is 0 Å². The van der Waals surface area contributed by atoms with Crippen molar-refractivity contribution in [3.63, 3.8) is 0 Å². The number of aromatic nitrogens is 1. The van der Waals surface area contributed by atoms with Crippen LogP contribution in [0.3, 0.4) is 0 Å². The average Bonchev–Trinajstić information content (AvgIpc) is 3.96. The Labute approximate surface area is 426 Å². The fourth-order valence-electron chi connectivity index (χ4n) is 12.0. The SMILES string of the molecule is c1ccc(-c2ccc(N(c3ccc4c(c3)C(c3ccccc3)(c3ccccc3)c3ccccc3-4)c3ccccc3-c3cccc(-c4ccc5c6ccccc6n(-c6ccc7ccccc7c6)c5c4)c3)cc2)cc1. The van der Waals surface area contributed by atoms with E-state index >= 15 is 0 Å². The van der Waals surface area contributed by atoms with Crippen LogP contribution in [0, 0.1) is 0 Å². The maximum absolute atomic E-state index is 2.47. The van der Waals surface area contributed by atoms with Gasteiger partial charge in [-0.05, 0) is 133 Å². The molecule has 0 amide bonds. The van der Waals surface area contributed by atoms with Gasteiger partial charge in [0.25, 0.3) is 0 Å². The summed E-state index contributed by atoms with van der Waals surface area (Å²) in [6, 6.07) is 107. The first-order chi connectivity index (χ1) is 36.2. The smallest absolute Gasteiger partial charge is 0.0714 e. The number of benzene rings is 12. The normalized spacial score (nSPS) is 12.5. The van der Waals surface area contributed by atoms with Crippen molar-refractivity contribution in [3.05, 3.63) is 313 Å². The van der Waals surface area contributed by atoms with Crippen molar-refractivity contribution in [1.29, 1.82) is 0 Å². The average molecular weight is 929 g/mol. The molecule has 14 rings (SSSR count). The monoisotopic (exact) mass is 928 g/mol. The summed E-state index contributed by atoms with van der Waals surface area (Å²) in [5.74, 6) is 0. The van der Waals surface area contributed by atoms with E-state index in [1.807, 2.05) is 0 Å². The van der Waals surface area contributed by atoms with Gasteiger partial charge in [0.05, 0.1) is 22.1 Å². The lowest BCUT2D eigenvalue weighted by Gasteiger charge is -2.35. The number of hydrogen-bond donors (Lipinski definition) is 0. The van der Waals surface area contributed by atoms with E-state index < -0.39 is 5.41 Å². The lowest BCUT2D eigenvalue weighted by molar-refractivity contribution is 0.768. The molecular formula is C71H48N2. The van der Waals surface area contributed by atoms with Crippen molar-refractivity contribution in [2.75, 3.05) is 4.90 Å². The number of para-hydroxylation sites is 2. The molecule has 1 heterocycles. The molecule has 1 aliphatic rings. The summed E-state index contributed by atoms with van der Waals surface area (Å²) in [5.41, 5.74) is 20.8. The van der Waals surface area contributed by atoms with Gasteiger partial charge in [-0.3, -0.25) is 0 Å². The van der Waals surface area contributed by atoms with Gasteiger partial charge in [0.2, 0.25) is 0 Å². The highest BCUT2D eigenvalue weighted by Crippen LogP contribution is 2.57. The van der Waals surface area contributed by atoms with Crippen LogP contribution in [0.15, 0.2) is 291 Å². The predicted octanol–water partition coefficient (Wildman–Crippen LogP) is 18.8. The maximum Gasteiger partial charge on any atom is 0.0714 e. The summed E-state index contributed by atoms with van der Waals surface area (Å²) < 4.78 is 2.43. The number of hydrogen-bond acceptors (Lipinski definition) is 1. The molecule has 2 nitrogen and oxygen atoms in total. The van der Waals surface area contributed by atoms with Crippen LogP contribution < -0.4 is 4.90 Å². The Morgan fingerprint density at radius 3 is 1.64 bits per heavy atom. The van der Waals surface area contributed by atoms with Crippen molar-refractivity contribution in [2.45, 2.75) is 5.41 Å². The summed E-state index contributed by atoms with van der Waals surface area (Å²) in [6.07, 6.45) is 0. The quantitative estimate of drug-likeness (QED) is 0.140. The Balaban J connectivity index is 0.943. The van der Waals surface area contributed by atoms with E-state index in [2.05, 4.69) is 301 Å². The molecule has 0 radical (unpaired) electrons. The molecule has 0 aliphatic heterocycles. The third kappa shape index (κ3) is 6.94. The molecule has 0 bridgehead atoms. The van der Waals surface area contributed by atoms with Crippen LogP contribution in [-0.4, -0.2) is 4.57 Å². The van der Waals surface area contributed by atoms with Crippen LogP contribution in [-0.2, 0) is 5.41 Å². The zero-order valence-corrected chi connectivity index (χ0v) is 40.1. The van der Waals surface area contributed by atoms with E-state index in [0.29, 0.717) is 0 Å². The van der Waals surface area contributed by atoms with Crippen molar-refractivity contribution >= 4 is 49.6 Å². The molecule has 13 aromatic rings. The summed E-state index contributed by atoms with van der Waals surface area (Å²) >= 11 is 0. The van der Waals surface area contributed by atoms with Gasteiger partial charge in [-0.25, -0.2) is 0 Å². The fraction of sp³-hybridized carbons (Fsp3) is 0.0141. The minimum absolute atomic E-state index is 0.539. The molecule has 12 aromatic carbocycles. The van der Waals surface area contributed by atoms with Crippen molar-refractivity contribution in [1.82, 2.24) is 4.57 Å².